The minimum absolute atomic E-state index is 0.192. The Morgan fingerprint density at radius 3 is 2.67 bits per heavy atom. The Kier molecular flexibility index (Phi) is 3.82. The second kappa shape index (κ2) is 5.76. The largest absolute Gasteiger partial charge is 0.460 e. The molecule has 0 radical (unpaired) electrons. The molecule has 3 aromatic rings. The van der Waals surface area contributed by atoms with Crippen LogP contribution in [0.3, 0.4) is 0 Å². The molecule has 4 heteroatoms. The molecule has 3 rings (SSSR count). The summed E-state index contributed by atoms with van der Waals surface area (Å²) in [6.07, 6.45) is 4.72. The van der Waals surface area contributed by atoms with Crippen LogP contribution in [0.1, 0.15) is 16.1 Å². The molecule has 2 aromatic carbocycles. The lowest BCUT2D eigenvalue weighted by atomic mass is 10.1. The number of furan rings is 1. The molecule has 1 aromatic heterocycles. The van der Waals surface area contributed by atoms with E-state index in [1.54, 1.807) is 30.5 Å². The second-order valence-electron chi connectivity index (χ2n) is 4.52. The highest BCUT2D eigenvalue weighted by molar-refractivity contribution is 6.42. The van der Waals surface area contributed by atoms with E-state index in [1.807, 2.05) is 24.3 Å². The molecule has 0 bridgehead atoms. The predicted molar refractivity (Wildman–Crippen MR) is 86.0 cm³/mol. The van der Waals surface area contributed by atoms with Gasteiger partial charge in [-0.2, -0.15) is 0 Å². The summed E-state index contributed by atoms with van der Waals surface area (Å²) in [7, 11) is 0. The van der Waals surface area contributed by atoms with Crippen molar-refractivity contribution in [3.8, 4) is 0 Å². The molecule has 0 amide bonds. The highest BCUT2D eigenvalue weighted by Crippen LogP contribution is 2.24. The lowest BCUT2D eigenvalue weighted by molar-refractivity contribution is 0.102. The summed E-state index contributed by atoms with van der Waals surface area (Å²) in [6.45, 7) is 0. The van der Waals surface area contributed by atoms with Crippen molar-refractivity contribution in [2.75, 3.05) is 0 Å². The summed E-state index contributed by atoms with van der Waals surface area (Å²) in [5, 5.41) is 2.65. The zero-order chi connectivity index (χ0) is 14.8. The van der Waals surface area contributed by atoms with E-state index < -0.39 is 0 Å². The van der Waals surface area contributed by atoms with E-state index in [0.29, 0.717) is 15.8 Å². The van der Waals surface area contributed by atoms with Crippen LogP contribution in [0.15, 0.2) is 59.2 Å². The van der Waals surface area contributed by atoms with Crippen molar-refractivity contribution in [3.63, 3.8) is 0 Å². The molecule has 0 unspecified atom stereocenters. The number of carbonyl (C=O) groups is 1. The quantitative estimate of drug-likeness (QED) is 0.462. The van der Waals surface area contributed by atoms with Crippen LogP contribution in [-0.2, 0) is 0 Å². The standard InChI is InChI=1S/C17H10Cl2O2/c18-14-7-5-11(9-15(14)19)6-8-16(20)17-13-4-2-1-3-12(13)10-21-17/h1-10H. The maximum atomic E-state index is 12.2. The van der Waals surface area contributed by atoms with Gasteiger partial charge in [-0.25, -0.2) is 0 Å². The number of hydrogen-bond acceptors (Lipinski definition) is 2. The van der Waals surface area contributed by atoms with Gasteiger partial charge in [-0.1, -0.05) is 59.6 Å². The molecular formula is C17H10Cl2O2. The van der Waals surface area contributed by atoms with Gasteiger partial charge >= 0.3 is 0 Å². The van der Waals surface area contributed by atoms with Crippen LogP contribution >= 0.6 is 23.2 Å². The second-order valence-corrected chi connectivity index (χ2v) is 5.34. The summed E-state index contributed by atoms with van der Waals surface area (Å²) >= 11 is 11.8. The number of halogens is 2. The third-order valence-corrected chi connectivity index (χ3v) is 3.84. The van der Waals surface area contributed by atoms with Gasteiger partial charge in [0.05, 0.1) is 16.3 Å². The SMILES string of the molecule is O=C(C=Cc1ccc(Cl)c(Cl)c1)c1occ2ccccc12. The van der Waals surface area contributed by atoms with Gasteiger partial charge in [0.25, 0.3) is 0 Å². The maximum Gasteiger partial charge on any atom is 0.221 e. The van der Waals surface area contributed by atoms with E-state index in [0.717, 1.165) is 16.3 Å². The number of fused-ring (bicyclic) bond motifs is 1. The normalized spacial score (nSPS) is 11.3. The molecule has 0 saturated carbocycles. The molecule has 0 aliphatic carbocycles. The number of benzene rings is 2. The van der Waals surface area contributed by atoms with Crippen molar-refractivity contribution < 1.29 is 9.21 Å². The molecule has 0 aliphatic rings. The first kappa shape index (κ1) is 13.9. The van der Waals surface area contributed by atoms with Gasteiger partial charge < -0.3 is 4.42 Å². The van der Waals surface area contributed by atoms with Crippen LogP contribution in [0.4, 0.5) is 0 Å². The first-order valence-corrected chi connectivity index (χ1v) is 7.04. The minimum Gasteiger partial charge on any atom is -0.460 e. The van der Waals surface area contributed by atoms with Crippen molar-refractivity contribution in [1.29, 1.82) is 0 Å². The lowest BCUT2D eigenvalue weighted by Crippen LogP contribution is -1.91. The van der Waals surface area contributed by atoms with Crippen molar-refractivity contribution in [1.82, 2.24) is 0 Å². The van der Waals surface area contributed by atoms with Crippen LogP contribution in [0, 0.1) is 0 Å². The van der Waals surface area contributed by atoms with Gasteiger partial charge in [0, 0.05) is 10.8 Å². The highest BCUT2D eigenvalue weighted by Gasteiger charge is 2.11. The van der Waals surface area contributed by atoms with Crippen LogP contribution in [0.2, 0.25) is 10.0 Å². The molecule has 21 heavy (non-hydrogen) atoms. The van der Waals surface area contributed by atoms with E-state index in [9.17, 15) is 4.79 Å². The smallest absolute Gasteiger partial charge is 0.221 e. The Morgan fingerprint density at radius 2 is 1.86 bits per heavy atom. The summed E-state index contributed by atoms with van der Waals surface area (Å²) in [6, 6.07) is 12.7. The van der Waals surface area contributed by atoms with Crippen molar-refractivity contribution in [3.05, 3.63) is 76.2 Å². The van der Waals surface area contributed by atoms with Crippen molar-refractivity contribution in [2.24, 2.45) is 0 Å². The van der Waals surface area contributed by atoms with Crippen LogP contribution in [0.25, 0.3) is 16.8 Å². The zero-order valence-corrected chi connectivity index (χ0v) is 12.4. The predicted octanol–water partition coefficient (Wildman–Crippen LogP) is 5.64. The van der Waals surface area contributed by atoms with Gasteiger partial charge in [0.1, 0.15) is 0 Å². The third-order valence-electron chi connectivity index (χ3n) is 3.10. The molecule has 0 N–H and O–H groups in total. The lowest BCUT2D eigenvalue weighted by Gasteiger charge is -1.97. The van der Waals surface area contributed by atoms with Gasteiger partial charge in [-0.15, -0.1) is 0 Å². The van der Waals surface area contributed by atoms with Crippen molar-refractivity contribution in [2.45, 2.75) is 0 Å². The minimum atomic E-state index is -0.192. The van der Waals surface area contributed by atoms with Crippen LogP contribution in [-0.4, -0.2) is 5.78 Å². The van der Waals surface area contributed by atoms with Gasteiger partial charge in [-0.3, -0.25) is 4.79 Å². The first-order chi connectivity index (χ1) is 10.1. The van der Waals surface area contributed by atoms with Crippen molar-refractivity contribution >= 4 is 45.8 Å². The third kappa shape index (κ3) is 2.87. The Balaban J connectivity index is 1.89. The summed E-state index contributed by atoms with van der Waals surface area (Å²) in [5.41, 5.74) is 0.800. The summed E-state index contributed by atoms with van der Waals surface area (Å²) in [4.78, 5) is 12.2. The number of ketones is 1. The Hall–Kier alpha value is -2.03. The Bertz CT molecular complexity index is 847. The molecule has 1 heterocycles. The molecule has 104 valence electrons. The molecule has 2 nitrogen and oxygen atoms in total. The van der Waals surface area contributed by atoms with Gasteiger partial charge in [0.15, 0.2) is 5.76 Å². The summed E-state index contributed by atoms with van der Waals surface area (Å²) < 4.78 is 5.36. The number of allylic oxidation sites excluding steroid dienone is 1. The van der Waals surface area contributed by atoms with E-state index in [2.05, 4.69) is 0 Å². The Labute approximate surface area is 131 Å². The van der Waals surface area contributed by atoms with Crippen LogP contribution in [0.5, 0.6) is 0 Å². The molecule has 0 spiro atoms. The fourth-order valence-corrected chi connectivity index (χ4v) is 2.35. The molecule has 0 atom stereocenters. The fraction of sp³-hybridized carbons (Fsp3) is 0. The van der Waals surface area contributed by atoms with E-state index in [1.165, 1.54) is 6.08 Å². The van der Waals surface area contributed by atoms with Gasteiger partial charge in [0.2, 0.25) is 5.78 Å². The van der Waals surface area contributed by atoms with E-state index in [4.69, 9.17) is 27.6 Å². The molecule has 0 aliphatic heterocycles. The highest BCUT2D eigenvalue weighted by atomic mass is 35.5. The summed E-state index contributed by atoms with van der Waals surface area (Å²) in [5.74, 6) is 0.143. The van der Waals surface area contributed by atoms with E-state index >= 15 is 0 Å². The zero-order valence-electron chi connectivity index (χ0n) is 10.8. The maximum absolute atomic E-state index is 12.2. The first-order valence-electron chi connectivity index (χ1n) is 6.29. The molecule has 0 fully saturated rings. The average Bonchev–Trinajstić information content (AvgIpc) is 2.92. The van der Waals surface area contributed by atoms with E-state index in [-0.39, 0.29) is 5.78 Å². The average molecular weight is 317 g/mol. The monoisotopic (exact) mass is 316 g/mol. The van der Waals surface area contributed by atoms with Crippen LogP contribution < -0.4 is 0 Å². The van der Waals surface area contributed by atoms with Gasteiger partial charge in [-0.05, 0) is 23.8 Å². The number of carbonyl (C=O) groups excluding carboxylic acids is 1. The topological polar surface area (TPSA) is 30.2 Å². The molecule has 0 saturated heterocycles. The fourth-order valence-electron chi connectivity index (χ4n) is 2.05. The Morgan fingerprint density at radius 1 is 1.05 bits per heavy atom. The molecular weight excluding hydrogens is 307 g/mol. The number of hydrogen-bond donors (Lipinski definition) is 0. The number of rotatable bonds is 3.